The third-order valence-corrected chi connectivity index (χ3v) is 2.87. The summed E-state index contributed by atoms with van der Waals surface area (Å²) in [5.41, 5.74) is 0. The van der Waals surface area contributed by atoms with Gasteiger partial charge in [-0.1, -0.05) is 20.8 Å². The molecule has 0 saturated carbocycles. The minimum absolute atomic E-state index is 1.06. The summed E-state index contributed by atoms with van der Waals surface area (Å²) in [5, 5.41) is 0. The van der Waals surface area contributed by atoms with Crippen LogP contribution in [-0.2, 0) is 0 Å². The van der Waals surface area contributed by atoms with Gasteiger partial charge in [-0.15, -0.1) is 11.8 Å². The minimum Gasteiger partial charge on any atom is -0.301 e. The molecule has 0 radical (unpaired) electrons. The maximum absolute atomic E-state index is 3.12. The van der Waals surface area contributed by atoms with Gasteiger partial charge in [0.05, 0.1) is 0 Å². The van der Waals surface area contributed by atoms with Crippen LogP contribution in [0, 0.1) is 11.8 Å². The molecular formula is C14H28N2. The Morgan fingerprint density at radius 2 is 1.56 bits per heavy atom. The second-order valence-electron chi connectivity index (χ2n) is 3.81. The Hall–Kier alpha value is -0.520. The van der Waals surface area contributed by atoms with Crippen LogP contribution in [0.4, 0.5) is 0 Å². The average molecular weight is 224 g/mol. The number of hydrogen-bond acceptors (Lipinski definition) is 2. The summed E-state index contributed by atoms with van der Waals surface area (Å²) in [5.74, 6) is 6.07. The fraction of sp³-hybridized carbons (Fsp3) is 0.857. The summed E-state index contributed by atoms with van der Waals surface area (Å²) in [4.78, 5) is 5.08. The van der Waals surface area contributed by atoms with Crippen molar-refractivity contribution in [2.75, 3.05) is 39.3 Å². The van der Waals surface area contributed by atoms with Gasteiger partial charge in [-0.3, -0.25) is 0 Å². The first-order chi connectivity index (χ1) is 7.86. The average Bonchev–Trinajstić information content (AvgIpc) is 2.38. The summed E-state index contributed by atoms with van der Waals surface area (Å²) in [7, 11) is 0. The third kappa shape index (κ3) is 6.87. The molecule has 0 unspecified atom stereocenters. The van der Waals surface area contributed by atoms with Crippen LogP contribution in [0.1, 0.15) is 40.5 Å². The summed E-state index contributed by atoms with van der Waals surface area (Å²) in [6.07, 6.45) is 2.29. The van der Waals surface area contributed by atoms with Crippen molar-refractivity contribution >= 4 is 0 Å². The number of rotatable bonds is 4. The van der Waals surface area contributed by atoms with Crippen molar-refractivity contribution in [2.24, 2.45) is 0 Å². The molecule has 0 aromatic heterocycles. The van der Waals surface area contributed by atoms with Crippen molar-refractivity contribution in [3.05, 3.63) is 0 Å². The van der Waals surface area contributed by atoms with Crippen LogP contribution in [0.5, 0.6) is 0 Å². The van der Waals surface area contributed by atoms with E-state index in [1.807, 2.05) is 20.8 Å². The van der Waals surface area contributed by atoms with Crippen LogP contribution in [0.2, 0.25) is 0 Å². The van der Waals surface area contributed by atoms with Gasteiger partial charge in [-0.2, -0.15) is 0 Å². The van der Waals surface area contributed by atoms with E-state index in [0.717, 1.165) is 6.42 Å². The maximum atomic E-state index is 3.12. The number of unbranched alkanes of at least 4 members (excludes halogenated alkanes) is 1. The highest BCUT2D eigenvalue weighted by Gasteiger charge is 2.13. The maximum Gasteiger partial charge on any atom is 0.0110 e. The zero-order valence-electron chi connectivity index (χ0n) is 11.6. The summed E-state index contributed by atoms with van der Waals surface area (Å²) < 4.78 is 0. The van der Waals surface area contributed by atoms with Crippen LogP contribution in [0.15, 0.2) is 0 Å². The molecule has 1 heterocycles. The van der Waals surface area contributed by atoms with Gasteiger partial charge in [0.25, 0.3) is 0 Å². The second-order valence-corrected chi connectivity index (χ2v) is 3.81. The van der Waals surface area contributed by atoms with Crippen LogP contribution < -0.4 is 0 Å². The van der Waals surface area contributed by atoms with Crippen molar-refractivity contribution in [3.8, 4) is 11.8 Å². The molecule has 94 valence electrons. The van der Waals surface area contributed by atoms with Gasteiger partial charge >= 0.3 is 0 Å². The molecule has 2 nitrogen and oxygen atoms in total. The molecule has 0 spiro atoms. The fourth-order valence-corrected chi connectivity index (χ4v) is 1.85. The van der Waals surface area contributed by atoms with Crippen molar-refractivity contribution < 1.29 is 0 Å². The highest BCUT2D eigenvalue weighted by molar-refractivity contribution is 4.94. The van der Waals surface area contributed by atoms with Crippen LogP contribution in [0.25, 0.3) is 0 Å². The van der Waals surface area contributed by atoms with Crippen molar-refractivity contribution in [3.63, 3.8) is 0 Å². The molecule has 0 atom stereocenters. The first-order valence-electron chi connectivity index (χ1n) is 6.71. The lowest BCUT2D eigenvalue weighted by Gasteiger charge is -2.33. The van der Waals surface area contributed by atoms with Gasteiger partial charge in [0.2, 0.25) is 0 Å². The Morgan fingerprint density at radius 3 is 2.06 bits per heavy atom. The molecule has 1 aliphatic heterocycles. The highest BCUT2D eigenvalue weighted by Crippen LogP contribution is 2.02. The van der Waals surface area contributed by atoms with Gasteiger partial charge in [-0.25, -0.2) is 0 Å². The Bertz CT molecular complexity index is 195. The summed E-state index contributed by atoms with van der Waals surface area (Å²) in [6.45, 7) is 15.6. The van der Waals surface area contributed by atoms with E-state index in [1.54, 1.807) is 0 Å². The second kappa shape index (κ2) is 11.0. The highest BCUT2D eigenvalue weighted by atomic mass is 15.3. The first kappa shape index (κ1) is 15.5. The van der Waals surface area contributed by atoms with Crippen molar-refractivity contribution in [1.29, 1.82) is 0 Å². The van der Waals surface area contributed by atoms with E-state index in [1.165, 1.54) is 45.7 Å². The standard InChI is InChI=1S/C12H22N2.C2H6/c1-3-5-6-7-8-14-11-9-13(4-2)10-12-14;1-2/h4,6-12H2,1-2H3;1-2H3. The minimum atomic E-state index is 1.06. The van der Waals surface area contributed by atoms with E-state index in [2.05, 4.69) is 28.6 Å². The molecule has 1 saturated heterocycles. The monoisotopic (exact) mass is 224 g/mol. The van der Waals surface area contributed by atoms with Gasteiger partial charge in [0, 0.05) is 32.6 Å². The zero-order valence-corrected chi connectivity index (χ0v) is 11.6. The molecule has 0 amide bonds. The number of nitrogens with zero attached hydrogens (tertiary/aromatic N) is 2. The zero-order chi connectivity index (χ0) is 12.2. The van der Waals surface area contributed by atoms with Crippen LogP contribution in [-0.4, -0.2) is 49.1 Å². The van der Waals surface area contributed by atoms with Crippen molar-refractivity contribution in [1.82, 2.24) is 9.80 Å². The molecule has 2 heteroatoms. The van der Waals surface area contributed by atoms with Gasteiger partial charge < -0.3 is 9.80 Å². The lowest BCUT2D eigenvalue weighted by Crippen LogP contribution is -2.46. The van der Waals surface area contributed by atoms with E-state index in [-0.39, 0.29) is 0 Å². The molecule has 0 N–H and O–H groups in total. The Labute approximate surface area is 102 Å². The third-order valence-electron chi connectivity index (χ3n) is 2.87. The molecule has 0 aromatic carbocycles. The van der Waals surface area contributed by atoms with E-state index in [9.17, 15) is 0 Å². The lowest BCUT2D eigenvalue weighted by atomic mass is 10.2. The predicted octanol–water partition coefficient (Wildman–Crippen LogP) is 2.45. The number of hydrogen-bond donors (Lipinski definition) is 0. The lowest BCUT2D eigenvalue weighted by molar-refractivity contribution is 0.136. The quantitative estimate of drug-likeness (QED) is 0.534. The largest absolute Gasteiger partial charge is 0.301 e. The van der Waals surface area contributed by atoms with Crippen LogP contribution >= 0.6 is 0 Å². The molecule has 1 rings (SSSR count). The molecule has 0 bridgehead atoms. The summed E-state index contributed by atoms with van der Waals surface area (Å²) >= 11 is 0. The fourth-order valence-electron chi connectivity index (χ4n) is 1.85. The molecule has 0 aliphatic carbocycles. The Kier molecular flexibility index (Phi) is 10.6. The molecule has 1 fully saturated rings. The molecular weight excluding hydrogens is 196 g/mol. The van der Waals surface area contributed by atoms with E-state index < -0.39 is 0 Å². The topological polar surface area (TPSA) is 6.48 Å². The van der Waals surface area contributed by atoms with Gasteiger partial charge in [-0.05, 0) is 26.4 Å². The number of likely N-dealkylation sites (N-methyl/N-ethyl adjacent to an activating group) is 1. The van der Waals surface area contributed by atoms with Gasteiger partial charge in [0.1, 0.15) is 0 Å². The Morgan fingerprint density at radius 1 is 1.00 bits per heavy atom. The first-order valence-corrected chi connectivity index (χ1v) is 6.71. The van der Waals surface area contributed by atoms with Gasteiger partial charge in [0.15, 0.2) is 0 Å². The molecule has 1 aliphatic rings. The van der Waals surface area contributed by atoms with E-state index in [4.69, 9.17) is 0 Å². The van der Waals surface area contributed by atoms with Crippen molar-refractivity contribution in [2.45, 2.75) is 40.5 Å². The van der Waals surface area contributed by atoms with E-state index >= 15 is 0 Å². The predicted molar refractivity (Wildman–Crippen MR) is 72.6 cm³/mol. The Balaban J connectivity index is 0.00000106. The normalized spacial score (nSPS) is 17.0. The molecule has 16 heavy (non-hydrogen) atoms. The molecule has 0 aromatic rings. The van der Waals surface area contributed by atoms with Crippen LogP contribution in [0.3, 0.4) is 0 Å². The smallest absolute Gasteiger partial charge is 0.0110 e. The number of piperazine rings is 1. The summed E-state index contributed by atoms with van der Waals surface area (Å²) in [6, 6.07) is 0. The van der Waals surface area contributed by atoms with E-state index in [0.29, 0.717) is 0 Å². The SMILES string of the molecule is CC.CC#CCCCN1CCN(CC)CC1.